The van der Waals surface area contributed by atoms with Gasteiger partial charge in [-0.25, -0.2) is 0 Å². The monoisotopic (exact) mass is 306 g/mol. The van der Waals surface area contributed by atoms with Crippen LogP contribution in [0.3, 0.4) is 0 Å². The van der Waals surface area contributed by atoms with E-state index >= 15 is 0 Å². The lowest BCUT2D eigenvalue weighted by Gasteiger charge is -2.16. The molecule has 112 valence electrons. The van der Waals surface area contributed by atoms with Crippen molar-refractivity contribution in [2.75, 3.05) is 13.6 Å². The van der Waals surface area contributed by atoms with Gasteiger partial charge in [-0.15, -0.1) is 11.3 Å². The van der Waals surface area contributed by atoms with Gasteiger partial charge in [0, 0.05) is 24.7 Å². The van der Waals surface area contributed by atoms with Gasteiger partial charge < -0.3 is 10.2 Å². The average Bonchev–Trinajstić information content (AvgIpc) is 3.06. The summed E-state index contributed by atoms with van der Waals surface area (Å²) in [5.41, 5.74) is 1.21. The van der Waals surface area contributed by atoms with Crippen LogP contribution in [-0.2, 0) is 18.4 Å². The standard InChI is InChI=1S/C14H18N4O2S/c1-10-7-12(16-18(10)3)14(20)15-8-13(19)17(2)9-11-5-4-6-21-11/h4-7H,8-9H2,1-3H3,(H,15,20). The number of aryl methyl sites for hydroxylation is 2. The maximum absolute atomic E-state index is 12.0. The molecule has 21 heavy (non-hydrogen) atoms. The van der Waals surface area contributed by atoms with Gasteiger partial charge in [-0.05, 0) is 24.4 Å². The number of amides is 2. The van der Waals surface area contributed by atoms with E-state index in [1.165, 1.54) is 0 Å². The van der Waals surface area contributed by atoms with Crippen molar-refractivity contribution in [3.05, 3.63) is 39.8 Å². The molecule has 2 aromatic heterocycles. The number of thiophene rings is 1. The number of nitrogens with one attached hydrogen (secondary N) is 1. The fourth-order valence-corrected chi connectivity index (χ4v) is 2.53. The second kappa shape index (κ2) is 6.53. The molecule has 0 aliphatic heterocycles. The number of nitrogens with zero attached hydrogens (tertiary/aromatic N) is 3. The Morgan fingerprint density at radius 2 is 2.24 bits per heavy atom. The molecule has 0 spiro atoms. The fraction of sp³-hybridized carbons (Fsp3) is 0.357. The first-order chi connectivity index (χ1) is 9.97. The minimum absolute atomic E-state index is 0.0314. The Morgan fingerprint density at radius 3 is 2.81 bits per heavy atom. The van der Waals surface area contributed by atoms with Crippen LogP contribution in [0.5, 0.6) is 0 Å². The third kappa shape index (κ3) is 3.91. The van der Waals surface area contributed by atoms with Gasteiger partial charge in [0.1, 0.15) is 5.69 Å². The molecule has 7 heteroatoms. The van der Waals surface area contributed by atoms with E-state index in [0.717, 1.165) is 10.6 Å². The highest BCUT2D eigenvalue weighted by Crippen LogP contribution is 2.10. The van der Waals surface area contributed by atoms with E-state index in [9.17, 15) is 9.59 Å². The Hall–Kier alpha value is -2.15. The Balaban J connectivity index is 1.84. The molecule has 0 atom stereocenters. The van der Waals surface area contributed by atoms with Gasteiger partial charge in [-0.2, -0.15) is 5.10 Å². The highest BCUT2D eigenvalue weighted by atomic mass is 32.1. The molecular formula is C14H18N4O2S. The first-order valence-corrected chi connectivity index (χ1v) is 7.40. The first kappa shape index (κ1) is 15.2. The van der Waals surface area contributed by atoms with Crippen molar-refractivity contribution >= 4 is 23.2 Å². The molecule has 0 fully saturated rings. The molecule has 2 rings (SSSR count). The van der Waals surface area contributed by atoms with Crippen LogP contribution in [0.1, 0.15) is 21.1 Å². The zero-order valence-corrected chi connectivity index (χ0v) is 13.1. The predicted molar refractivity (Wildman–Crippen MR) is 81.1 cm³/mol. The molecule has 0 aliphatic rings. The molecule has 6 nitrogen and oxygen atoms in total. The van der Waals surface area contributed by atoms with Crippen LogP contribution < -0.4 is 5.32 Å². The minimum Gasteiger partial charge on any atom is -0.342 e. The number of carbonyl (C=O) groups excluding carboxylic acids is 2. The summed E-state index contributed by atoms with van der Waals surface area (Å²) in [6.45, 7) is 2.38. The van der Waals surface area contributed by atoms with Crippen LogP contribution in [0, 0.1) is 6.92 Å². The van der Waals surface area contributed by atoms with Crippen LogP contribution in [0.25, 0.3) is 0 Å². The summed E-state index contributed by atoms with van der Waals surface area (Å²) in [4.78, 5) is 26.6. The third-order valence-electron chi connectivity index (χ3n) is 3.15. The van der Waals surface area contributed by atoms with E-state index in [-0.39, 0.29) is 18.4 Å². The fourth-order valence-electron chi connectivity index (χ4n) is 1.78. The van der Waals surface area contributed by atoms with E-state index < -0.39 is 0 Å². The summed E-state index contributed by atoms with van der Waals surface area (Å²) < 4.78 is 1.62. The van der Waals surface area contributed by atoms with Gasteiger partial charge in [-0.1, -0.05) is 6.07 Å². The van der Waals surface area contributed by atoms with Crippen molar-refractivity contribution in [2.24, 2.45) is 7.05 Å². The molecule has 1 N–H and O–H groups in total. The minimum atomic E-state index is -0.337. The number of hydrogen-bond acceptors (Lipinski definition) is 4. The summed E-state index contributed by atoms with van der Waals surface area (Å²) in [5, 5.41) is 8.64. The van der Waals surface area contributed by atoms with E-state index in [1.807, 2.05) is 24.4 Å². The third-order valence-corrected chi connectivity index (χ3v) is 4.01. The van der Waals surface area contributed by atoms with Crippen molar-refractivity contribution < 1.29 is 9.59 Å². The van der Waals surface area contributed by atoms with Crippen molar-refractivity contribution in [3.8, 4) is 0 Å². The summed E-state index contributed by atoms with van der Waals surface area (Å²) in [6.07, 6.45) is 0. The van der Waals surface area contributed by atoms with Gasteiger partial charge in [0.25, 0.3) is 5.91 Å². The Kier molecular flexibility index (Phi) is 4.74. The number of hydrogen-bond donors (Lipinski definition) is 1. The molecule has 0 unspecified atom stereocenters. The van der Waals surface area contributed by atoms with Crippen molar-refractivity contribution in [1.82, 2.24) is 20.0 Å². The molecule has 0 saturated heterocycles. The normalized spacial score (nSPS) is 10.4. The molecule has 2 aromatic rings. The molecule has 0 saturated carbocycles. The van der Waals surface area contributed by atoms with E-state index in [1.54, 1.807) is 41.1 Å². The van der Waals surface area contributed by atoms with Crippen molar-refractivity contribution in [1.29, 1.82) is 0 Å². The topological polar surface area (TPSA) is 67.2 Å². The Bertz CT molecular complexity index is 614. The highest BCUT2D eigenvalue weighted by Gasteiger charge is 2.14. The molecule has 0 aliphatic carbocycles. The summed E-state index contributed by atoms with van der Waals surface area (Å²) in [5.74, 6) is -0.471. The number of rotatable bonds is 5. The van der Waals surface area contributed by atoms with Gasteiger partial charge in [-0.3, -0.25) is 14.3 Å². The van der Waals surface area contributed by atoms with Gasteiger partial charge in [0.15, 0.2) is 0 Å². The lowest BCUT2D eigenvalue weighted by Crippen LogP contribution is -2.37. The molecule has 2 amide bonds. The number of carbonyl (C=O) groups is 2. The van der Waals surface area contributed by atoms with Crippen LogP contribution in [0.4, 0.5) is 0 Å². The molecule has 2 heterocycles. The van der Waals surface area contributed by atoms with E-state index in [0.29, 0.717) is 12.2 Å². The first-order valence-electron chi connectivity index (χ1n) is 6.52. The lowest BCUT2D eigenvalue weighted by molar-refractivity contribution is -0.129. The molecule has 0 aromatic carbocycles. The van der Waals surface area contributed by atoms with Crippen LogP contribution >= 0.6 is 11.3 Å². The average molecular weight is 306 g/mol. The lowest BCUT2D eigenvalue weighted by atomic mass is 10.3. The van der Waals surface area contributed by atoms with Gasteiger partial charge in [0.05, 0.1) is 13.1 Å². The zero-order chi connectivity index (χ0) is 15.4. The van der Waals surface area contributed by atoms with Gasteiger partial charge >= 0.3 is 0 Å². The highest BCUT2D eigenvalue weighted by molar-refractivity contribution is 7.09. The second-order valence-corrected chi connectivity index (χ2v) is 5.84. The largest absolute Gasteiger partial charge is 0.342 e. The maximum Gasteiger partial charge on any atom is 0.272 e. The number of likely N-dealkylation sites (N-methyl/N-ethyl adjacent to an activating group) is 1. The molecule has 0 radical (unpaired) electrons. The maximum atomic E-state index is 12.0. The van der Waals surface area contributed by atoms with Crippen molar-refractivity contribution in [3.63, 3.8) is 0 Å². The predicted octanol–water partition coefficient (Wildman–Crippen LogP) is 1.18. The smallest absolute Gasteiger partial charge is 0.272 e. The second-order valence-electron chi connectivity index (χ2n) is 4.81. The van der Waals surface area contributed by atoms with E-state index in [2.05, 4.69) is 10.4 Å². The number of aromatic nitrogens is 2. The molecule has 0 bridgehead atoms. The van der Waals surface area contributed by atoms with Crippen LogP contribution in [0.2, 0.25) is 0 Å². The summed E-state index contributed by atoms with van der Waals surface area (Å²) in [7, 11) is 3.49. The molecular weight excluding hydrogens is 288 g/mol. The van der Waals surface area contributed by atoms with Crippen LogP contribution in [0.15, 0.2) is 23.6 Å². The van der Waals surface area contributed by atoms with Crippen LogP contribution in [-0.4, -0.2) is 40.1 Å². The zero-order valence-electron chi connectivity index (χ0n) is 12.3. The summed E-state index contributed by atoms with van der Waals surface area (Å²) in [6, 6.07) is 5.61. The quantitative estimate of drug-likeness (QED) is 0.902. The Morgan fingerprint density at radius 1 is 1.48 bits per heavy atom. The Labute approximate surface area is 127 Å². The SMILES string of the molecule is Cc1cc(C(=O)NCC(=O)N(C)Cc2cccs2)nn1C. The van der Waals surface area contributed by atoms with Gasteiger partial charge in [0.2, 0.25) is 5.91 Å². The van der Waals surface area contributed by atoms with E-state index in [4.69, 9.17) is 0 Å². The van der Waals surface area contributed by atoms with Crippen molar-refractivity contribution in [2.45, 2.75) is 13.5 Å². The summed E-state index contributed by atoms with van der Waals surface area (Å²) >= 11 is 1.60.